The van der Waals surface area contributed by atoms with E-state index in [1.165, 1.54) is 0 Å². The minimum absolute atomic E-state index is 0.124. The summed E-state index contributed by atoms with van der Waals surface area (Å²) in [5.74, 6) is 0.611. The Morgan fingerprint density at radius 3 is 2.55 bits per heavy atom. The number of aryl methyl sites for hydroxylation is 1. The number of nitrogens with zero attached hydrogens (tertiary/aromatic N) is 1. The van der Waals surface area contributed by atoms with Crippen molar-refractivity contribution in [1.82, 2.24) is 4.98 Å². The van der Waals surface area contributed by atoms with E-state index < -0.39 is 6.10 Å². The van der Waals surface area contributed by atoms with E-state index >= 15 is 0 Å². The molecular formula is C16H17NO3. The van der Waals surface area contributed by atoms with Crippen LogP contribution < -0.4 is 4.74 Å². The summed E-state index contributed by atoms with van der Waals surface area (Å²) in [4.78, 5) is 14.7. The Labute approximate surface area is 118 Å². The first kappa shape index (κ1) is 14.2. The van der Waals surface area contributed by atoms with E-state index in [-0.39, 0.29) is 6.61 Å². The molecule has 0 aliphatic heterocycles. The van der Waals surface area contributed by atoms with Gasteiger partial charge in [-0.2, -0.15) is 0 Å². The third kappa shape index (κ3) is 3.65. The number of hydrogen-bond donors (Lipinski definition) is 1. The molecule has 0 saturated heterocycles. The van der Waals surface area contributed by atoms with Crippen LogP contribution in [0, 0.1) is 0 Å². The summed E-state index contributed by atoms with van der Waals surface area (Å²) in [7, 11) is 0. The lowest BCUT2D eigenvalue weighted by Gasteiger charge is -2.12. The van der Waals surface area contributed by atoms with Gasteiger partial charge < -0.3 is 9.84 Å². The van der Waals surface area contributed by atoms with Gasteiger partial charge in [-0.15, -0.1) is 0 Å². The molecule has 104 valence electrons. The molecule has 0 amide bonds. The van der Waals surface area contributed by atoms with Gasteiger partial charge in [0, 0.05) is 11.8 Å². The molecule has 0 bridgehead atoms. The van der Waals surface area contributed by atoms with Gasteiger partial charge in [0.2, 0.25) is 0 Å². The van der Waals surface area contributed by atoms with Crippen molar-refractivity contribution in [2.75, 3.05) is 6.61 Å². The number of rotatable bonds is 6. The first-order valence-electron chi connectivity index (χ1n) is 6.54. The third-order valence-electron chi connectivity index (χ3n) is 3.02. The molecule has 0 radical (unpaired) electrons. The zero-order valence-electron chi connectivity index (χ0n) is 11.3. The lowest BCUT2D eigenvalue weighted by molar-refractivity contribution is 0.104. The maximum atomic E-state index is 10.5. The molecule has 2 rings (SSSR count). The highest BCUT2D eigenvalue weighted by Gasteiger charge is 2.10. The lowest BCUT2D eigenvalue weighted by atomic mass is 10.2. The normalized spacial score (nSPS) is 11.9. The van der Waals surface area contributed by atoms with E-state index in [4.69, 9.17) is 4.74 Å². The van der Waals surface area contributed by atoms with Gasteiger partial charge in [-0.25, -0.2) is 0 Å². The Morgan fingerprint density at radius 2 is 2.00 bits per heavy atom. The Bertz CT molecular complexity index is 549. The van der Waals surface area contributed by atoms with Crippen molar-refractivity contribution in [1.29, 1.82) is 0 Å². The average molecular weight is 271 g/mol. The van der Waals surface area contributed by atoms with Crippen molar-refractivity contribution in [3.05, 3.63) is 59.4 Å². The first-order chi connectivity index (χ1) is 9.72. The fraction of sp³-hybridized carbons (Fsp3) is 0.250. The summed E-state index contributed by atoms with van der Waals surface area (Å²) in [5, 5.41) is 10.0. The number of aliphatic hydroxyl groups is 1. The fourth-order valence-corrected chi connectivity index (χ4v) is 1.75. The minimum Gasteiger partial charge on any atom is -0.490 e. The molecule has 1 aromatic heterocycles. The first-order valence-corrected chi connectivity index (χ1v) is 6.54. The summed E-state index contributed by atoms with van der Waals surface area (Å²) in [6.45, 7) is 2.18. The van der Waals surface area contributed by atoms with Crippen molar-refractivity contribution < 1.29 is 14.6 Å². The zero-order valence-corrected chi connectivity index (χ0v) is 11.3. The van der Waals surface area contributed by atoms with Gasteiger partial charge in [-0.05, 0) is 42.3 Å². The van der Waals surface area contributed by atoms with E-state index in [2.05, 4.69) is 11.9 Å². The highest BCUT2D eigenvalue weighted by molar-refractivity contribution is 5.74. The minimum atomic E-state index is -0.772. The number of aldehydes is 1. The summed E-state index contributed by atoms with van der Waals surface area (Å²) >= 11 is 0. The van der Waals surface area contributed by atoms with Crippen molar-refractivity contribution in [3.8, 4) is 5.75 Å². The van der Waals surface area contributed by atoms with E-state index in [9.17, 15) is 9.90 Å². The summed E-state index contributed by atoms with van der Waals surface area (Å²) in [5.41, 5.74) is 2.31. The third-order valence-corrected chi connectivity index (χ3v) is 3.02. The van der Waals surface area contributed by atoms with E-state index in [1.807, 2.05) is 12.1 Å². The van der Waals surface area contributed by atoms with Crippen molar-refractivity contribution >= 4 is 6.29 Å². The Kier molecular flexibility index (Phi) is 4.85. The van der Waals surface area contributed by atoms with Crippen LogP contribution in [0.4, 0.5) is 0 Å². The number of benzene rings is 1. The number of aliphatic hydroxyl groups excluding tert-OH is 1. The number of aromatic nitrogens is 1. The van der Waals surface area contributed by atoms with E-state index in [0.29, 0.717) is 17.0 Å². The predicted molar refractivity (Wildman–Crippen MR) is 75.9 cm³/mol. The van der Waals surface area contributed by atoms with Crippen LogP contribution in [0.5, 0.6) is 5.75 Å². The quantitative estimate of drug-likeness (QED) is 0.820. The fourth-order valence-electron chi connectivity index (χ4n) is 1.75. The van der Waals surface area contributed by atoms with Crippen LogP contribution in [-0.4, -0.2) is 23.0 Å². The number of carbonyl (C=O) groups excluding carboxylic acids is 1. The molecule has 1 N–H and O–H groups in total. The van der Waals surface area contributed by atoms with Crippen LogP contribution in [-0.2, 0) is 6.42 Å². The molecule has 4 heteroatoms. The molecule has 20 heavy (non-hydrogen) atoms. The highest BCUT2D eigenvalue weighted by atomic mass is 16.5. The van der Waals surface area contributed by atoms with Crippen LogP contribution in [0.1, 0.15) is 34.6 Å². The Balaban J connectivity index is 1.93. The Hall–Kier alpha value is -2.20. The average Bonchev–Trinajstić information content (AvgIpc) is 2.53. The van der Waals surface area contributed by atoms with Crippen molar-refractivity contribution in [3.63, 3.8) is 0 Å². The SMILES string of the molecule is CCc1ccc([C@H](O)COc2ccc(C=O)cc2)nc1. The van der Waals surface area contributed by atoms with Gasteiger partial charge in [0.1, 0.15) is 24.7 Å². The van der Waals surface area contributed by atoms with Crippen molar-refractivity contribution in [2.24, 2.45) is 0 Å². The second kappa shape index (κ2) is 6.82. The van der Waals surface area contributed by atoms with Gasteiger partial charge >= 0.3 is 0 Å². The van der Waals surface area contributed by atoms with Gasteiger partial charge in [0.15, 0.2) is 0 Å². The lowest BCUT2D eigenvalue weighted by Crippen LogP contribution is -2.11. The van der Waals surface area contributed by atoms with Gasteiger partial charge in [0.25, 0.3) is 0 Å². The smallest absolute Gasteiger partial charge is 0.150 e. The van der Waals surface area contributed by atoms with Gasteiger partial charge in [-0.1, -0.05) is 13.0 Å². The van der Waals surface area contributed by atoms with Crippen LogP contribution in [0.2, 0.25) is 0 Å². The van der Waals surface area contributed by atoms with Gasteiger partial charge in [0.05, 0.1) is 5.69 Å². The largest absolute Gasteiger partial charge is 0.490 e. The second-order valence-electron chi connectivity index (χ2n) is 4.46. The van der Waals surface area contributed by atoms with Gasteiger partial charge in [-0.3, -0.25) is 9.78 Å². The molecule has 1 heterocycles. The number of hydrogen-bond acceptors (Lipinski definition) is 4. The monoisotopic (exact) mass is 271 g/mol. The molecule has 2 aromatic rings. The summed E-state index contributed by atoms with van der Waals surface area (Å²) in [6, 6.07) is 10.5. The van der Waals surface area contributed by atoms with Crippen molar-refractivity contribution in [2.45, 2.75) is 19.4 Å². The van der Waals surface area contributed by atoms with Crippen LogP contribution >= 0.6 is 0 Å². The Morgan fingerprint density at radius 1 is 1.25 bits per heavy atom. The van der Waals surface area contributed by atoms with Crippen LogP contribution in [0.25, 0.3) is 0 Å². The highest BCUT2D eigenvalue weighted by Crippen LogP contribution is 2.16. The topological polar surface area (TPSA) is 59.4 Å². The van der Waals surface area contributed by atoms with Crippen LogP contribution in [0.15, 0.2) is 42.6 Å². The zero-order chi connectivity index (χ0) is 14.4. The van der Waals surface area contributed by atoms with Crippen LogP contribution in [0.3, 0.4) is 0 Å². The molecule has 4 nitrogen and oxygen atoms in total. The molecule has 0 unspecified atom stereocenters. The number of ether oxygens (including phenoxy) is 1. The number of pyridine rings is 1. The molecule has 0 fully saturated rings. The molecular weight excluding hydrogens is 254 g/mol. The maximum absolute atomic E-state index is 10.5. The standard InChI is InChI=1S/C16H17NO3/c1-2-12-5-8-15(17-9-12)16(19)11-20-14-6-3-13(10-18)4-7-14/h3-10,16,19H,2,11H2,1H3/t16-/m1/s1. The second-order valence-corrected chi connectivity index (χ2v) is 4.46. The molecule has 0 aliphatic carbocycles. The predicted octanol–water partition coefficient (Wildman–Crippen LogP) is 2.57. The molecule has 1 aromatic carbocycles. The van der Waals surface area contributed by atoms with E-state index in [0.717, 1.165) is 18.3 Å². The summed E-state index contributed by atoms with van der Waals surface area (Å²) < 4.78 is 5.47. The molecule has 1 atom stereocenters. The molecule has 0 aliphatic rings. The molecule has 0 saturated carbocycles. The number of carbonyl (C=O) groups is 1. The maximum Gasteiger partial charge on any atom is 0.150 e. The van der Waals surface area contributed by atoms with E-state index in [1.54, 1.807) is 30.5 Å². The summed E-state index contributed by atoms with van der Waals surface area (Å²) in [6.07, 6.45) is 2.68. The molecule has 0 spiro atoms.